The highest BCUT2D eigenvalue weighted by molar-refractivity contribution is 6.30. The van der Waals surface area contributed by atoms with Gasteiger partial charge < -0.3 is 14.6 Å². The molecule has 6 heteroatoms. The molecule has 1 N–H and O–H groups in total. The second kappa shape index (κ2) is 9.42. The zero-order valence-electron chi connectivity index (χ0n) is 15.6. The van der Waals surface area contributed by atoms with Gasteiger partial charge in [-0.3, -0.25) is 4.79 Å². The van der Waals surface area contributed by atoms with Crippen LogP contribution < -0.4 is 4.74 Å². The Labute approximate surface area is 163 Å². The lowest BCUT2D eigenvalue weighted by Gasteiger charge is -2.21. The van der Waals surface area contributed by atoms with Gasteiger partial charge in [0.2, 0.25) is 6.10 Å². The summed E-state index contributed by atoms with van der Waals surface area (Å²) in [5.74, 6) is -0.554. The van der Waals surface area contributed by atoms with Crippen LogP contribution in [-0.2, 0) is 16.0 Å². The number of rotatable bonds is 8. The molecule has 0 radical (unpaired) electrons. The van der Waals surface area contributed by atoms with Crippen molar-refractivity contribution in [1.29, 1.82) is 0 Å². The predicted molar refractivity (Wildman–Crippen MR) is 104 cm³/mol. The Morgan fingerprint density at radius 1 is 1.11 bits per heavy atom. The van der Waals surface area contributed by atoms with E-state index in [0.717, 1.165) is 6.42 Å². The summed E-state index contributed by atoms with van der Waals surface area (Å²) in [7, 11) is 0. The third-order valence-corrected chi connectivity index (χ3v) is 4.29. The first kappa shape index (κ1) is 20.8. The fraction of sp³-hybridized carbons (Fsp3) is 0.333. The highest BCUT2D eigenvalue weighted by Gasteiger charge is 2.26. The van der Waals surface area contributed by atoms with Crippen LogP contribution in [0.2, 0.25) is 5.02 Å². The van der Waals surface area contributed by atoms with Crippen molar-refractivity contribution in [2.75, 3.05) is 6.61 Å². The number of ether oxygens (including phenoxy) is 2. The van der Waals surface area contributed by atoms with Crippen LogP contribution in [0.5, 0.6) is 11.5 Å². The van der Waals surface area contributed by atoms with Crippen molar-refractivity contribution in [3.05, 3.63) is 58.1 Å². The first-order valence-electron chi connectivity index (χ1n) is 8.83. The maximum absolute atomic E-state index is 12.5. The Bertz CT molecular complexity index is 814. The molecule has 0 bridgehead atoms. The van der Waals surface area contributed by atoms with Crippen LogP contribution in [0.25, 0.3) is 0 Å². The Balaban J connectivity index is 2.47. The molecule has 0 heterocycles. The van der Waals surface area contributed by atoms with Gasteiger partial charge >= 0.3 is 5.97 Å². The molecule has 144 valence electrons. The quantitative estimate of drug-likeness (QED) is 0.513. The van der Waals surface area contributed by atoms with Crippen LogP contribution in [0.1, 0.15) is 54.8 Å². The van der Waals surface area contributed by atoms with E-state index in [2.05, 4.69) is 0 Å². The molecular formula is C21H23ClO5. The molecule has 2 aromatic rings. The molecule has 0 aliphatic carbocycles. The van der Waals surface area contributed by atoms with Gasteiger partial charge in [0.1, 0.15) is 11.5 Å². The second-order valence-corrected chi connectivity index (χ2v) is 6.48. The third-order valence-electron chi connectivity index (χ3n) is 4.04. The molecule has 0 aliphatic heterocycles. The summed E-state index contributed by atoms with van der Waals surface area (Å²) in [6.45, 7) is 5.27. The largest absolute Gasteiger partial charge is 0.507 e. The number of esters is 1. The first-order valence-corrected chi connectivity index (χ1v) is 9.21. The summed E-state index contributed by atoms with van der Waals surface area (Å²) in [4.78, 5) is 24.2. The van der Waals surface area contributed by atoms with Gasteiger partial charge in [-0.25, -0.2) is 4.79 Å². The maximum Gasteiger partial charge on any atom is 0.352 e. The second-order valence-electron chi connectivity index (χ2n) is 6.05. The highest BCUT2D eigenvalue weighted by Crippen LogP contribution is 2.36. The smallest absolute Gasteiger partial charge is 0.352 e. The molecule has 1 atom stereocenters. The van der Waals surface area contributed by atoms with E-state index in [4.69, 9.17) is 21.1 Å². The fourth-order valence-corrected chi connectivity index (χ4v) is 2.86. The van der Waals surface area contributed by atoms with Gasteiger partial charge in [0.05, 0.1) is 12.2 Å². The number of hydrogen-bond donors (Lipinski definition) is 1. The molecule has 1 unspecified atom stereocenters. The monoisotopic (exact) mass is 390 g/mol. The van der Waals surface area contributed by atoms with Gasteiger partial charge in [0, 0.05) is 16.1 Å². The van der Waals surface area contributed by atoms with Crippen molar-refractivity contribution in [2.24, 2.45) is 0 Å². The average molecular weight is 391 g/mol. The number of phenols is 1. The summed E-state index contributed by atoms with van der Waals surface area (Å²) in [5, 5.41) is 11.0. The summed E-state index contributed by atoms with van der Waals surface area (Å²) >= 11 is 5.93. The number of Topliss-reactive ketones (excluding diaryl/α,β-unsaturated/α-hetero) is 1. The number of carbonyl (C=O) groups excluding carboxylic acids is 2. The van der Waals surface area contributed by atoms with E-state index < -0.39 is 12.1 Å². The zero-order valence-corrected chi connectivity index (χ0v) is 16.4. The van der Waals surface area contributed by atoms with E-state index in [1.165, 1.54) is 13.0 Å². The van der Waals surface area contributed by atoms with Gasteiger partial charge in [-0.2, -0.15) is 0 Å². The molecule has 0 aromatic heterocycles. The zero-order chi connectivity index (χ0) is 20.0. The maximum atomic E-state index is 12.5. The molecule has 2 aromatic carbocycles. The molecule has 27 heavy (non-hydrogen) atoms. The topological polar surface area (TPSA) is 72.8 Å². The van der Waals surface area contributed by atoms with Crippen LogP contribution in [0, 0.1) is 0 Å². The molecule has 5 nitrogen and oxygen atoms in total. The fourth-order valence-electron chi connectivity index (χ4n) is 2.74. The summed E-state index contributed by atoms with van der Waals surface area (Å²) in [5.41, 5.74) is 1.30. The number of phenolic OH excluding ortho intramolecular Hbond substituents is 1. The number of hydrogen-bond acceptors (Lipinski definition) is 5. The Kier molecular flexibility index (Phi) is 7.25. The summed E-state index contributed by atoms with van der Waals surface area (Å²) < 4.78 is 11.1. The number of carbonyl (C=O) groups is 2. The van der Waals surface area contributed by atoms with E-state index >= 15 is 0 Å². The first-order chi connectivity index (χ1) is 12.9. The molecule has 0 saturated carbocycles. The SMILES string of the molecule is CCCc1c(OC(C(=O)OCC)c2ccc(Cl)cc2)ccc(C(C)=O)c1O. The van der Waals surface area contributed by atoms with Crippen molar-refractivity contribution < 1.29 is 24.2 Å². The van der Waals surface area contributed by atoms with Crippen LogP contribution >= 0.6 is 11.6 Å². The average Bonchev–Trinajstić information content (AvgIpc) is 2.63. The lowest BCUT2D eigenvalue weighted by Crippen LogP contribution is -2.22. The van der Waals surface area contributed by atoms with Gasteiger partial charge in [-0.15, -0.1) is 0 Å². The van der Waals surface area contributed by atoms with Crippen molar-refractivity contribution >= 4 is 23.4 Å². The van der Waals surface area contributed by atoms with E-state index in [1.807, 2.05) is 6.92 Å². The van der Waals surface area contributed by atoms with Crippen molar-refractivity contribution in [1.82, 2.24) is 0 Å². The molecule has 0 aliphatic rings. The normalized spacial score (nSPS) is 11.7. The predicted octanol–water partition coefficient (Wildman–Crippen LogP) is 4.88. The van der Waals surface area contributed by atoms with Gasteiger partial charge in [-0.1, -0.05) is 37.1 Å². The Morgan fingerprint density at radius 2 is 1.78 bits per heavy atom. The number of ketones is 1. The van der Waals surface area contributed by atoms with Crippen molar-refractivity contribution in [3.8, 4) is 11.5 Å². The molecular weight excluding hydrogens is 368 g/mol. The lowest BCUT2D eigenvalue weighted by atomic mass is 10.0. The van der Waals surface area contributed by atoms with Gasteiger partial charge in [0.25, 0.3) is 0 Å². The van der Waals surface area contributed by atoms with Gasteiger partial charge in [0.15, 0.2) is 5.78 Å². The number of benzene rings is 2. The molecule has 0 amide bonds. The van der Waals surface area contributed by atoms with Gasteiger partial charge in [-0.05, 0) is 44.5 Å². The number of halogens is 1. The Hall–Kier alpha value is -2.53. The lowest BCUT2D eigenvalue weighted by molar-refractivity contribution is -0.151. The van der Waals surface area contributed by atoms with E-state index in [1.54, 1.807) is 37.3 Å². The van der Waals surface area contributed by atoms with Crippen LogP contribution in [0.4, 0.5) is 0 Å². The molecule has 0 saturated heterocycles. The van der Waals surface area contributed by atoms with E-state index in [0.29, 0.717) is 28.3 Å². The van der Waals surface area contributed by atoms with E-state index in [9.17, 15) is 14.7 Å². The third kappa shape index (κ3) is 5.01. The van der Waals surface area contributed by atoms with Crippen LogP contribution in [0.15, 0.2) is 36.4 Å². The van der Waals surface area contributed by atoms with E-state index in [-0.39, 0.29) is 23.7 Å². The standard InChI is InChI=1S/C21H23ClO5/c1-4-6-17-18(12-11-16(13(3)23)19(17)24)27-20(21(25)26-5-2)14-7-9-15(22)10-8-14/h7-12,20,24H,4-6H2,1-3H3. The highest BCUT2D eigenvalue weighted by atomic mass is 35.5. The van der Waals surface area contributed by atoms with Crippen LogP contribution in [0.3, 0.4) is 0 Å². The van der Waals surface area contributed by atoms with Crippen LogP contribution in [-0.4, -0.2) is 23.5 Å². The van der Waals surface area contributed by atoms with Crippen molar-refractivity contribution in [3.63, 3.8) is 0 Å². The minimum atomic E-state index is -1.01. The van der Waals surface area contributed by atoms with Crippen molar-refractivity contribution in [2.45, 2.75) is 39.7 Å². The Morgan fingerprint density at radius 3 is 2.33 bits per heavy atom. The summed E-state index contributed by atoms with van der Waals surface area (Å²) in [6.07, 6.45) is 0.217. The summed E-state index contributed by atoms with van der Waals surface area (Å²) in [6, 6.07) is 9.80. The number of aromatic hydroxyl groups is 1. The molecule has 0 spiro atoms. The molecule has 0 fully saturated rings. The minimum absolute atomic E-state index is 0.111. The minimum Gasteiger partial charge on any atom is -0.507 e. The molecule has 2 rings (SSSR count).